The van der Waals surface area contributed by atoms with Crippen LogP contribution in [0.2, 0.25) is 0 Å². The maximum Gasteiger partial charge on any atom is 0.161 e. The Morgan fingerprint density at radius 1 is 1.20 bits per heavy atom. The monoisotopic (exact) mass is 142 g/mol. The van der Waals surface area contributed by atoms with Crippen LogP contribution in [-0.2, 0) is 4.79 Å². The third-order valence-electron chi connectivity index (χ3n) is 2.02. The maximum absolute atomic E-state index is 10.9. The van der Waals surface area contributed by atoms with Crippen LogP contribution in [0.1, 0.15) is 38.5 Å². The van der Waals surface area contributed by atoms with Crippen LogP contribution in [0.25, 0.3) is 0 Å². The van der Waals surface area contributed by atoms with Crippen LogP contribution in [0.3, 0.4) is 0 Å². The van der Waals surface area contributed by atoms with Crippen molar-refractivity contribution in [3.8, 4) is 0 Å². The molecule has 1 N–H and O–H groups in total. The van der Waals surface area contributed by atoms with Gasteiger partial charge >= 0.3 is 0 Å². The Kier molecular flexibility index (Phi) is 2.87. The van der Waals surface area contributed by atoms with Crippen molar-refractivity contribution in [2.45, 2.75) is 44.6 Å². The largest absolute Gasteiger partial charge is 0.385 e. The molecule has 0 saturated heterocycles. The van der Waals surface area contributed by atoms with Crippen molar-refractivity contribution in [1.82, 2.24) is 0 Å². The summed E-state index contributed by atoms with van der Waals surface area (Å²) in [6, 6.07) is 0. The molecule has 0 spiro atoms. The molecule has 1 rings (SSSR count). The van der Waals surface area contributed by atoms with Crippen molar-refractivity contribution < 1.29 is 9.90 Å². The first-order valence-electron chi connectivity index (χ1n) is 4.01. The van der Waals surface area contributed by atoms with Crippen molar-refractivity contribution in [3.05, 3.63) is 0 Å². The van der Waals surface area contributed by atoms with Crippen molar-refractivity contribution >= 4 is 5.78 Å². The molecule has 0 bridgehead atoms. The van der Waals surface area contributed by atoms with Gasteiger partial charge in [0.1, 0.15) is 6.10 Å². The molecular weight excluding hydrogens is 128 g/mol. The Labute approximate surface area is 61.2 Å². The molecule has 0 aromatic heterocycles. The topological polar surface area (TPSA) is 37.3 Å². The molecule has 1 atom stereocenters. The number of hydrogen-bond acceptors (Lipinski definition) is 2. The number of carbonyl (C=O) groups excluding carboxylic acids is 1. The fraction of sp³-hybridized carbons (Fsp3) is 0.875. The molecule has 0 amide bonds. The quantitative estimate of drug-likeness (QED) is 0.553. The Morgan fingerprint density at radius 3 is 2.70 bits per heavy atom. The van der Waals surface area contributed by atoms with E-state index in [0.717, 1.165) is 19.3 Å². The van der Waals surface area contributed by atoms with Crippen molar-refractivity contribution in [2.75, 3.05) is 0 Å². The van der Waals surface area contributed by atoms with Crippen LogP contribution in [0.5, 0.6) is 0 Å². The molecule has 1 saturated carbocycles. The highest BCUT2D eigenvalue weighted by atomic mass is 16.3. The second kappa shape index (κ2) is 3.71. The minimum Gasteiger partial charge on any atom is -0.385 e. The van der Waals surface area contributed by atoms with Gasteiger partial charge in [0.25, 0.3) is 0 Å². The first kappa shape index (κ1) is 7.73. The standard InChI is InChI=1S/C8H14O2/c9-7-5-3-1-2-4-6-8(7)10/h7,9H,1-6H2. The number of Topliss-reactive ketones (excluding diaryl/α,β-unsaturated/α-hetero) is 1. The van der Waals surface area contributed by atoms with Gasteiger partial charge in [-0.1, -0.05) is 19.3 Å². The molecular formula is C8H14O2. The molecule has 1 aliphatic carbocycles. The lowest BCUT2D eigenvalue weighted by Gasteiger charge is -2.12. The minimum absolute atomic E-state index is 0.0414. The Hall–Kier alpha value is -0.370. The van der Waals surface area contributed by atoms with E-state index in [2.05, 4.69) is 0 Å². The first-order valence-corrected chi connectivity index (χ1v) is 4.01. The molecule has 10 heavy (non-hydrogen) atoms. The number of carbonyl (C=O) groups is 1. The highest BCUT2D eigenvalue weighted by Crippen LogP contribution is 2.14. The normalized spacial score (nSPS) is 29.3. The highest BCUT2D eigenvalue weighted by Gasteiger charge is 2.15. The summed E-state index contributed by atoms with van der Waals surface area (Å²) in [7, 11) is 0. The van der Waals surface area contributed by atoms with E-state index in [1.807, 2.05) is 0 Å². The SMILES string of the molecule is O=C1CCCCCCC1O. The third kappa shape index (κ3) is 2.10. The van der Waals surface area contributed by atoms with Gasteiger partial charge in [-0.3, -0.25) is 4.79 Å². The summed E-state index contributed by atoms with van der Waals surface area (Å²) in [5.41, 5.74) is 0. The molecule has 0 aliphatic heterocycles. The van der Waals surface area contributed by atoms with E-state index in [-0.39, 0.29) is 5.78 Å². The second-order valence-corrected chi connectivity index (χ2v) is 2.93. The van der Waals surface area contributed by atoms with Gasteiger partial charge in [0, 0.05) is 6.42 Å². The van der Waals surface area contributed by atoms with Crippen LogP contribution in [0.15, 0.2) is 0 Å². The molecule has 1 aliphatic rings. The lowest BCUT2D eigenvalue weighted by Crippen LogP contribution is -2.21. The number of aliphatic hydroxyl groups is 1. The molecule has 0 aromatic carbocycles. The zero-order valence-corrected chi connectivity index (χ0v) is 6.18. The summed E-state index contributed by atoms with van der Waals surface area (Å²) in [6.45, 7) is 0. The van der Waals surface area contributed by atoms with E-state index in [4.69, 9.17) is 5.11 Å². The van der Waals surface area contributed by atoms with Crippen molar-refractivity contribution in [2.24, 2.45) is 0 Å². The summed E-state index contributed by atoms with van der Waals surface area (Å²) in [5, 5.41) is 9.13. The van der Waals surface area contributed by atoms with Crippen molar-refractivity contribution in [1.29, 1.82) is 0 Å². The second-order valence-electron chi connectivity index (χ2n) is 2.93. The zero-order valence-electron chi connectivity index (χ0n) is 6.18. The number of hydrogen-bond donors (Lipinski definition) is 1. The minimum atomic E-state index is -0.653. The molecule has 1 fully saturated rings. The molecule has 0 aromatic rings. The lowest BCUT2D eigenvalue weighted by molar-refractivity contribution is -0.127. The van der Waals surface area contributed by atoms with Crippen LogP contribution in [0, 0.1) is 0 Å². The first-order chi connectivity index (χ1) is 4.80. The maximum atomic E-state index is 10.9. The number of ketones is 1. The van der Waals surface area contributed by atoms with Crippen LogP contribution in [0.4, 0.5) is 0 Å². The summed E-state index contributed by atoms with van der Waals surface area (Å²) in [4.78, 5) is 10.9. The Balaban J connectivity index is 2.35. The molecule has 0 radical (unpaired) electrons. The lowest BCUT2D eigenvalue weighted by atomic mass is 9.98. The van der Waals surface area contributed by atoms with Gasteiger partial charge in [0.05, 0.1) is 0 Å². The predicted octanol–water partition coefficient (Wildman–Crippen LogP) is 1.27. The summed E-state index contributed by atoms with van der Waals surface area (Å²) in [6.07, 6.45) is 4.91. The van der Waals surface area contributed by atoms with E-state index in [1.54, 1.807) is 0 Å². The van der Waals surface area contributed by atoms with E-state index in [1.165, 1.54) is 6.42 Å². The molecule has 1 unspecified atom stereocenters. The third-order valence-corrected chi connectivity index (χ3v) is 2.02. The average molecular weight is 142 g/mol. The van der Waals surface area contributed by atoms with Gasteiger partial charge < -0.3 is 5.11 Å². The molecule has 58 valence electrons. The van der Waals surface area contributed by atoms with Crippen LogP contribution < -0.4 is 0 Å². The zero-order chi connectivity index (χ0) is 7.40. The van der Waals surface area contributed by atoms with E-state index in [9.17, 15) is 4.79 Å². The van der Waals surface area contributed by atoms with Gasteiger partial charge in [-0.25, -0.2) is 0 Å². The fourth-order valence-corrected chi connectivity index (χ4v) is 1.32. The Bertz CT molecular complexity index is 120. The van der Waals surface area contributed by atoms with Gasteiger partial charge in [0.15, 0.2) is 5.78 Å². The van der Waals surface area contributed by atoms with Gasteiger partial charge in [-0.2, -0.15) is 0 Å². The fourth-order valence-electron chi connectivity index (χ4n) is 1.32. The Morgan fingerprint density at radius 2 is 1.90 bits per heavy atom. The molecule has 2 heteroatoms. The van der Waals surface area contributed by atoms with Gasteiger partial charge in [0.2, 0.25) is 0 Å². The van der Waals surface area contributed by atoms with Gasteiger partial charge in [-0.15, -0.1) is 0 Å². The summed E-state index contributed by atoms with van der Waals surface area (Å²) >= 11 is 0. The predicted molar refractivity (Wildman–Crippen MR) is 38.7 cm³/mol. The summed E-state index contributed by atoms with van der Waals surface area (Å²) < 4.78 is 0. The van der Waals surface area contributed by atoms with E-state index < -0.39 is 6.10 Å². The molecule has 0 heterocycles. The van der Waals surface area contributed by atoms with Crippen molar-refractivity contribution in [3.63, 3.8) is 0 Å². The van der Waals surface area contributed by atoms with E-state index >= 15 is 0 Å². The van der Waals surface area contributed by atoms with E-state index in [0.29, 0.717) is 12.8 Å². The number of aliphatic hydroxyl groups excluding tert-OH is 1. The smallest absolute Gasteiger partial charge is 0.161 e. The highest BCUT2D eigenvalue weighted by molar-refractivity contribution is 5.82. The van der Waals surface area contributed by atoms with Crippen LogP contribution in [-0.4, -0.2) is 17.0 Å². The number of rotatable bonds is 0. The molecule has 2 nitrogen and oxygen atoms in total. The summed E-state index contributed by atoms with van der Waals surface area (Å²) in [5.74, 6) is 0.0414. The average Bonchev–Trinajstić information content (AvgIpc) is 1.92. The van der Waals surface area contributed by atoms with Gasteiger partial charge in [-0.05, 0) is 12.8 Å². The van der Waals surface area contributed by atoms with Crippen LogP contribution >= 0.6 is 0 Å².